The SMILES string of the molecule is Cc1ccc(CN2CC(C(=O)N3CC(C)CC(C)C3)CC2=O)cc1. The fraction of sp³-hybridized carbons (Fsp3) is 0.600. The molecule has 4 nitrogen and oxygen atoms in total. The molecule has 2 aliphatic rings. The van der Waals surface area contributed by atoms with E-state index >= 15 is 0 Å². The molecule has 2 heterocycles. The van der Waals surface area contributed by atoms with Crippen LogP contribution in [0.25, 0.3) is 0 Å². The van der Waals surface area contributed by atoms with Crippen LogP contribution in [0.1, 0.15) is 37.8 Å². The molecule has 2 aliphatic heterocycles. The van der Waals surface area contributed by atoms with Gasteiger partial charge in [-0.1, -0.05) is 43.7 Å². The molecule has 3 atom stereocenters. The number of nitrogens with zero attached hydrogens (tertiary/aromatic N) is 2. The lowest BCUT2D eigenvalue weighted by atomic mass is 9.91. The number of hydrogen-bond donors (Lipinski definition) is 0. The Kier molecular flexibility index (Phi) is 4.93. The predicted molar refractivity (Wildman–Crippen MR) is 94.2 cm³/mol. The molecular weight excluding hydrogens is 300 g/mol. The van der Waals surface area contributed by atoms with Gasteiger partial charge in [-0.05, 0) is 30.7 Å². The first-order valence-electron chi connectivity index (χ1n) is 9.04. The first-order chi connectivity index (χ1) is 11.4. The minimum absolute atomic E-state index is 0.104. The minimum Gasteiger partial charge on any atom is -0.342 e. The summed E-state index contributed by atoms with van der Waals surface area (Å²) in [5.41, 5.74) is 2.34. The second-order valence-corrected chi connectivity index (χ2v) is 7.85. The smallest absolute Gasteiger partial charge is 0.228 e. The standard InChI is InChI=1S/C20H28N2O2/c1-14-4-6-17(7-5-14)12-21-13-18(9-19(21)23)20(24)22-10-15(2)8-16(3)11-22/h4-7,15-16,18H,8-13H2,1-3H3. The number of piperidine rings is 1. The fourth-order valence-electron chi connectivity index (χ4n) is 4.11. The molecule has 4 heteroatoms. The average Bonchev–Trinajstić information content (AvgIpc) is 2.89. The Hall–Kier alpha value is -1.84. The molecule has 0 radical (unpaired) electrons. The highest BCUT2D eigenvalue weighted by Gasteiger charge is 2.38. The maximum absolute atomic E-state index is 12.8. The summed E-state index contributed by atoms with van der Waals surface area (Å²) in [7, 11) is 0. The maximum Gasteiger partial charge on any atom is 0.228 e. The number of carbonyl (C=O) groups is 2. The quantitative estimate of drug-likeness (QED) is 0.856. The van der Waals surface area contributed by atoms with E-state index in [1.807, 2.05) is 9.80 Å². The molecule has 0 aromatic heterocycles. The summed E-state index contributed by atoms with van der Waals surface area (Å²) in [5.74, 6) is 1.22. The molecule has 3 rings (SSSR count). The van der Waals surface area contributed by atoms with Crippen LogP contribution in [0.15, 0.2) is 24.3 Å². The third kappa shape index (κ3) is 3.80. The van der Waals surface area contributed by atoms with Gasteiger partial charge in [0.25, 0.3) is 0 Å². The number of rotatable bonds is 3. The molecule has 2 saturated heterocycles. The number of aryl methyl sites for hydroxylation is 1. The Morgan fingerprint density at radius 2 is 1.71 bits per heavy atom. The van der Waals surface area contributed by atoms with Gasteiger partial charge in [0.15, 0.2) is 0 Å². The molecule has 0 aliphatic carbocycles. The lowest BCUT2D eigenvalue weighted by Crippen LogP contribution is -2.45. The summed E-state index contributed by atoms with van der Waals surface area (Å²) in [5, 5.41) is 0. The van der Waals surface area contributed by atoms with Crippen molar-refractivity contribution in [3.8, 4) is 0 Å². The number of benzene rings is 1. The van der Waals surface area contributed by atoms with Crippen LogP contribution >= 0.6 is 0 Å². The Morgan fingerprint density at radius 3 is 2.33 bits per heavy atom. The van der Waals surface area contributed by atoms with Crippen LogP contribution in [0.2, 0.25) is 0 Å². The van der Waals surface area contributed by atoms with Crippen molar-refractivity contribution in [1.82, 2.24) is 9.80 Å². The number of likely N-dealkylation sites (tertiary alicyclic amines) is 2. The predicted octanol–water partition coefficient (Wildman–Crippen LogP) is 2.85. The maximum atomic E-state index is 12.8. The van der Waals surface area contributed by atoms with Gasteiger partial charge in [-0.15, -0.1) is 0 Å². The van der Waals surface area contributed by atoms with E-state index in [0.29, 0.717) is 31.3 Å². The molecule has 130 valence electrons. The largest absolute Gasteiger partial charge is 0.342 e. The van der Waals surface area contributed by atoms with Gasteiger partial charge in [0.2, 0.25) is 11.8 Å². The summed E-state index contributed by atoms with van der Waals surface area (Å²) in [4.78, 5) is 29.0. The molecule has 0 bridgehead atoms. The molecule has 0 spiro atoms. The van der Waals surface area contributed by atoms with E-state index in [9.17, 15) is 9.59 Å². The molecule has 2 amide bonds. The van der Waals surface area contributed by atoms with Gasteiger partial charge in [-0.3, -0.25) is 9.59 Å². The third-order valence-electron chi connectivity index (χ3n) is 5.24. The number of amides is 2. The van der Waals surface area contributed by atoms with E-state index in [1.165, 1.54) is 12.0 Å². The zero-order valence-electron chi connectivity index (χ0n) is 15.0. The lowest BCUT2D eigenvalue weighted by molar-refractivity contribution is -0.138. The topological polar surface area (TPSA) is 40.6 Å². The molecular formula is C20H28N2O2. The zero-order chi connectivity index (χ0) is 17.3. The number of carbonyl (C=O) groups excluding carboxylic acids is 2. The first kappa shape index (κ1) is 17.0. The normalized spacial score (nSPS) is 27.6. The van der Waals surface area contributed by atoms with Crippen LogP contribution < -0.4 is 0 Å². The Morgan fingerprint density at radius 1 is 1.08 bits per heavy atom. The number of hydrogen-bond acceptors (Lipinski definition) is 2. The highest BCUT2D eigenvalue weighted by Crippen LogP contribution is 2.26. The van der Waals surface area contributed by atoms with Gasteiger partial charge >= 0.3 is 0 Å². The lowest BCUT2D eigenvalue weighted by Gasteiger charge is -2.36. The molecule has 2 fully saturated rings. The van der Waals surface area contributed by atoms with E-state index in [1.54, 1.807) is 0 Å². The monoisotopic (exact) mass is 328 g/mol. The highest BCUT2D eigenvalue weighted by molar-refractivity contribution is 5.89. The van der Waals surface area contributed by atoms with Crippen LogP contribution in [-0.4, -0.2) is 41.2 Å². The van der Waals surface area contributed by atoms with Gasteiger partial charge in [-0.25, -0.2) is 0 Å². The van der Waals surface area contributed by atoms with Crippen LogP contribution in [0.4, 0.5) is 0 Å². The van der Waals surface area contributed by atoms with Crippen molar-refractivity contribution in [3.63, 3.8) is 0 Å². The van der Waals surface area contributed by atoms with Gasteiger partial charge in [0.1, 0.15) is 0 Å². The van der Waals surface area contributed by atoms with Gasteiger partial charge in [0, 0.05) is 32.6 Å². The van der Waals surface area contributed by atoms with Crippen LogP contribution in [0.3, 0.4) is 0 Å². The second-order valence-electron chi connectivity index (χ2n) is 7.85. The van der Waals surface area contributed by atoms with Gasteiger partial charge in [0.05, 0.1) is 5.92 Å². The minimum atomic E-state index is -0.166. The molecule has 0 N–H and O–H groups in total. The van der Waals surface area contributed by atoms with Gasteiger partial charge < -0.3 is 9.80 Å². The summed E-state index contributed by atoms with van der Waals surface area (Å²) >= 11 is 0. The van der Waals surface area contributed by atoms with Crippen molar-refractivity contribution >= 4 is 11.8 Å². The van der Waals surface area contributed by atoms with E-state index in [2.05, 4.69) is 45.0 Å². The average molecular weight is 328 g/mol. The van der Waals surface area contributed by atoms with Crippen molar-refractivity contribution in [2.45, 2.75) is 40.2 Å². The Balaban J connectivity index is 1.61. The molecule has 1 aromatic carbocycles. The van der Waals surface area contributed by atoms with E-state index in [4.69, 9.17) is 0 Å². The van der Waals surface area contributed by atoms with E-state index in [0.717, 1.165) is 18.7 Å². The van der Waals surface area contributed by atoms with Gasteiger partial charge in [-0.2, -0.15) is 0 Å². The Bertz CT molecular complexity index is 601. The molecule has 0 saturated carbocycles. The second kappa shape index (κ2) is 6.96. The van der Waals surface area contributed by atoms with Crippen molar-refractivity contribution in [2.75, 3.05) is 19.6 Å². The van der Waals surface area contributed by atoms with E-state index in [-0.39, 0.29) is 17.7 Å². The molecule has 3 unspecified atom stereocenters. The summed E-state index contributed by atoms with van der Waals surface area (Å²) < 4.78 is 0. The Labute approximate surface area is 144 Å². The van der Waals surface area contributed by atoms with Crippen LogP contribution in [0.5, 0.6) is 0 Å². The summed E-state index contributed by atoms with van der Waals surface area (Å²) in [6, 6.07) is 8.25. The summed E-state index contributed by atoms with van der Waals surface area (Å²) in [6.45, 7) is 9.32. The van der Waals surface area contributed by atoms with E-state index < -0.39 is 0 Å². The first-order valence-corrected chi connectivity index (χ1v) is 9.04. The summed E-state index contributed by atoms with van der Waals surface area (Å²) in [6.07, 6.45) is 1.55. The fourth-order valence-corrected chi connectivity index (χ4v) is 4.11. The van der Waals surface area contributed by atoms with Crippen molar-refractivity contribution in [2.24, 2.45) is 17.8 Å². The molecule has 24 heavy (non-hydrogen) atoms. The third-order valence-corrected chi connectivity index (χ3v) is 5.24. The molecule has 1 aromatic rings. The van der Waals surface area contributed by atoms with Crippen LogP contribution in [0, 0.1) is 24.7 Å². The highest BCUT2D eigenvalue weighted by atomic mass is 16.2. The van der Waals surface area contributed by atoms with Crippen molar-refractivity contribution in [1.29, 1.82) is 0 Å². The van der Waals surface area contributed by atoms with Crippen LogP contribution in [-0.2, 0) is 16.1 Å². The van der Waals surface area contributed by atoms with Crippen molar-refractivity contribution in [3.05, 3.63) is 35.4 Å². The zero-order valence-corrected chi connectivity index (χ0v) is 15.0. The van der Waals surface area contributed by atoms with Crippen molar-refractivity contribution < 1.29 is 9.59 Å².